The Morgan fingerprint density at radius 1 is 1.00 bits per heavy atom. The van der Waals surface area contributed by atoms with E-state index in [4.69, 9.17) is 0 Å². The first kappa shape index (κ1) is 10.2. The average molecular weight is 318 g/mol. The second-order valence-corrected chi connectivity index (χ2v) is 4.07. The molecular weight excluding hydrogens is 315 g/mol. The maximum Gasteiger partial charge on any atom is 0.388 e. The summed E-state index contributed by atoms with van der Waals surface area (Å²) < 4.78 is 55.4. The number of hydrogen-bond acceptors (Lipinski definition) is 1. The van der Waals surface area contributed by atoms with Crippen molar-refractivity contribution in [1.82, 2.24) is 0 Å². The first-order chi connectivity index (χ1) is 6.33. The zero-order valence-electron chi connectivity index (χ0n) is 6.53. The number of hydrogen-bond donors (Lipinski definition) is 0. The second-order valence-electron chi connectivity index (χ2n) is 2.83. The minimum absolute atomic E-state index is 0.460. The zero-order chi connectivity index (χ0) is 10.6. The molecule has 0 saturated carbocycles. The number of halogens is 5. The molecule has 0 amide bonds. The number of rotatable bonds is 0. The van der Waals surface area contributed by atoms with Crippen LogP contribution in [0.5, 0.6) is 0 Å². The molecule has 1 nitrogen and oxygen atoms in total. The molecule has 0 aliphatic carbocycles. The Hall–Kier alpha value is -0.370. The smallest absolute Gasteiger partial charge is 0.247 e. The molecule has 1 aromatic carbocycles. The molecule has 0 saturated heterocycles. The third-order valence-electron chi connectivity index (χ3n) is 1.87. The van der Waals surface area contributed by atoms with Gasteiger partial charge in [0, 0.05) is 3.57 Å². The summed E-state index contributed by atoms with van der Waals surface area (Å²) in [7, 11) is 0. The Morgan fingerprint density at radius 2 is 1.57 bits per heavy atom. The van der Waals surface area contributed by atoms with Gasteiger partial charge in [0.15, 0.2) is 0 Å². The van der Waals surface area contributed by atoms with Crippen LogP contribution < -0.4 is 0 Å². The van der Waals surface area contributed by atoms with Crippen LogP contribution in [0.1, 0.15) is 11.1 Å². The Bertz CT molecular complexity index is 391. The van der Waals surface area contributed by atoms with Crippen LogP contribution in [0, 0.1) is 3.57 Å². The summed E-state index contributed by atoms with van der Waals surface area (Å²) >= 11 is 1.77. The molecule has 0 atom stereocenters. The largest absolute Gasteiger partial charge is 0.388 e. The lowest BCUT2D eigenvalue weighted by atomic mass is 10.1. The monoisotopic (exact) mass is 318 g/mol. The molecule has 0 bridgehead atoms. The van der Waals surface area contributed by atoms with Gasteiger partial charge in [0.2, 0.25) is 0 Å². The SMILES string of the molecule is FC1(F)OC(F)(F)c2cc(I)ccc21. The van der Waals surface area contributed by atoms with E-state index in [0.29, 0.717) is 3.57 Å². The Balaban J connectivity index is 2.66. The standard InChI is InChI=1S/C8H3F4IO/c9-7(10)5-2-1-4(13)3-6(5)8(11,12)14-7/h1-3H. The number of ether oxygens (including phenoxy) is 1. The van der Waals surface area contributed by atoms with E-state index in [1.165, 1.54) is 6.07 Å². The van der Waals surface area contributed by atoms with Crippen molar-refractivity contribution in [1.29, 1.82) is 0 Å². The van der Waals surface area contributed by atoms with E-state index in [1.807, 2.05) is 0 Å². The molecule has 1 aliphatic heterocycles. The van der Waals surface area contributed by atoms with Crippen molar-refractivity contribution in [3.63, 3.8) is 0 Å². The van der Waals surface area contributed by atoms with E-state index in [2.05, 4.69) is 4.74 Å². The lowest BCUT2D eigenvalue weighted by Crippen LogP contribution is -2.17. The van der Waals surface area contributed by atoms with Crippen LogP contribution in [0.25, 0.3) is 0 Å². The van der Waals surface area contributed by atoms with E-state index >= 15 is 0 Å². The number of fused-ring (bicyclic) bond motifs is 1. The highest BCUT2D eigenvalue weighted by atomic mass is 127. The van der Waals surface area contributed by atoms with Crippen LogP contribution in [-0.2, 0) is 17.0 Å². The van der Waals surface area contributed by atoms with Crippen molar-refractivity contribution in [3.8, 4) is 0 Å². The van der Waals surface area contributed by atoms with E-state index in [0.717, 1.165) is 12.1 Å². The summed E-state index contributed by atoms with van der Waals surface area (Å²) in [5.41, 5.74) is -1.52. The highest BCUT2D eigenvalue weighted by Gasteiger charge is 2.57. The first-order valence-corrected chi connectivity index (χ1v) is 4.67. The number of benzene rings is 1. The molecule has 0 radical (unpaired) electrons. The molecule has 0 fully saturated rings. The Kier molecular flexibility index (Phi) is 2.04. The van der Waals surface area contributed by atoms with E-state index < -0.39 is 23.3 Å². The van der Waals surface area contributed by atoms with Gasteiger partial charge in [0.1, 0.15) is 0 Å². The predicted molar refractivity (Wildman–Crippen MR) is 48.0 cm³/mol. The van der Waals surface area contributed by atoms with Gasteiger partial charge < -0.3 is 0 Å². The molecule has 14 heavy (non-hydrogen) atoms. The molecule has 76 valence electrons. The highest BCUT2D eigenvalue weighted by Crippen LogP contribution is 2.50. The lowest BCUT2D eigenvalue weighted by Gasteiger charge is -2.10. The topological polar surface area (TPSA) is 9.23 Å². The predicted octanol–water partition coefficient (Wildman–Crippen LogP) is 3.42. The van der Waals surface area contributed by atoms with Gasteiger partial charge in [-0.1, -0.05) is 0 Å². The van der Waals surface area contributed by atoms with Gasteiger partial charge in [0.25, 0.3) is 0 Å². The van der Waals surface area contributed by atoms with Crippen LogP contribution in [0.4, 0.5) is 17.6 Å². The summed E-state index contributed by atoms with van der Waals surface area (Å²) in [6.07, 6.45) is -7.80. The molecule has 0 N–H and O–H groups in total. The normalized spacial score (nSPS) is 22.1. The van der Waals surface area contributed by atoms with Gasteiger partial charge in [-0.15, -0.1) is 0 Å². The molecule has 1 aromatic rings. The summed E-state index contributed by atoms with van der Waals surface area (Å²) in [6.45, 7) is 0. The van der Waals surface area contributed by atoms with Crippen LogP contribution in [-0.4, -0.2) is 0 Å². The van der Waals surface area contributed by atoms with Gasteiger partial charge in [-0.05, 0) is 40.8 Å². The number of alkyl halides is 4. The first-order valence-electron chi connectivity index (χ1n) is 3.59. The quantitative estimate of drug-likeness (QED) is 0.526. The Morgan fingerprint density at radius 3 is 2.21 bits per heavy atom. The fraction of sp³-hybridized carbons (Fsp3) is 0.250. The van der Waals surface area contributed by atoms with E-state index in [9.17, 15) is 17.6 Å². The van der Waals surface area contributed by atoms with Crippen LogP contribution >= 0.6 is 22.6 Å². The molecule has 0 unspecified atom stereocenters. The summed E-state index contributed by atoms with van der Waals surface area (Å²) in [4.78, 5) is 0. The molecule has 0 aromatic heterocycles. The highest BCUT2D eigenvalue weighted by molar-refractivity contribution is 14.1. The van der Waals surface area contributed by atoms with E-state index in [-0.39, 0.29) is 0 Å². The van der Waals surface area contributed by atoms with Crippen molar-refractivity contribution >= 4 is 22.6 Å². The third kappa shape index (κ3) is 1.40. The van der Waals surface area contributed by atoms with Crippen molar-refractivity contribution in [2.75, 3.05) is 0 Å². The van der Waals surface area contributed by atoms with Crippen molar-refractivity contribution < 1.29 is 22.3 Å². The summed E-state index contributed by atoms with van der Waals surface area (Å²) in [5.74, 6) is 0. The maximum atomic E-state index is 12.9. The summed E-state index contributed by atoms with van der Waals surface area (Å²) in [6, 6.07) is 3.28. The lowest BCUT2D eigenvalue weighted by molar-refractivity contribution is -0.369. The van der Waals surface area contributed by atoms with Crippen LogP contribution in [0.15, 0.2) is 18.2 Å². The Labute approximate surface area is 90.2 Å². The van der Waals surface area contributed by atoms with Crippen LogP contribution in [0.2, 0.25) is 0 Å². The van der Waals surface area contributed by atoms with Gasteiger partial charge in [-0.25, -0.2) is 4.74 Å². The average Bonchev–Trinajstić information content (AvgIpc) is 2.17. The molecule has 1 aliphatic rings. The minimum Gasteiger partial charge on any atom is -0.247 e. The van der Waals surface area contributed by atoms with Gasteiger partial charge in [-0.2, -0.15) is 17.6 Å². The fourth-order valence-electron chi connectivity index (χ4n) is 1.28. The molecular formula is C8H3F4IO. The van der Waals surface area contributed by atoms with Gasteiger partial charge in [0.05, 0.1) is 11.1 Å². The van der Waals surface area contributed by atoms with Crippen molar-refractivity contribution in [2.24, 2.45) is 0 Å². The van der Waals surface area contributed by atoms with Crippen molar-refractivity contribution in [2.45, 2.75) is 12.2 Å². The minimum atomic E-state index is -3.90. The maximum absolute atomic E-state index is 12.9. The zero-order valence-corrected chi connectivity index (χ0v) is 8.69. The van der Waals surface area contributed by atoms with Gasteiger partial charge >= 0.3 is 12.2 Å². The van der Waals surface area contributed by atoms with Crippen molar-refractivity contribution in [3.05, 3.63) is 32.9 Å². The molecule has 1 heterocycles. The van der Waals surface area contributed by atoms with Crippen LogP contribution in [0.3, 0.4) is 0 Å². The molecule has 6 heteroatoms. The molecule has 0 spiro atoms. The third-order valence-corrected chi connectivity index (χ3v) is 2.54. The summed E-state index contributed by atoms with van der Waals surface area (Å²) in [5, 5.41) is 0. The fourth-order valence-corrected chi connectivity index (χ4v) is 1.77. The molecule has 2 rings (SSSR count). The second kappa shape index (κ2) is 2.82. The van der Waals surface area contributed by atoms with E-state index in [1.54, 1.807) is 22.6 Å². The van der Waals surface area contributed by atoms with Gasteiger partial charge in [-0.3, -0.25) is 0 Å².